The third-order valence-electron chi connectivity index (χ3n) is 4.20. The molecule has 0 spiro atoms. The summed E-state index contributed by atoms with van der Waals surface area (Å²) < 4.78 is 27.1. The van der Waals surface area contributed by atoms with Crippen LogP contribution in [0.25, 0.3) is 0 Å². The Balaban J connectivity index is 2.10. The summed E-state index contributed by atoms with van der Waals surface area (Å²) in [5, 5.41) is 26.6. The zero-order valence-corrected chi connectivity index (χ0v) is 18.5. The van der Waals surface area contributed by atoms with E-state index in [2.05, 4.69) is 15.4 Å². The average Bonchev–Trinajstić information content (AvgIpc) is 2.73. The first-order valence-corrected chi connectivity index (χ1v) is 11.0. The summed E-state index contributed by atoms with van der Waals surface area (Å²) in [4.78, 5) is 32.6. The molecule has 0 aromatic heterocycles. The Kier molecular flexibility index (Phi) is 7.91. The van der Waals surface area contributed by atoms with Crippen molar-refractivity contribution in [2.45, 2.75) is 31.2 Å². The number of anilines is 1. The third kappa shape index (κ3) is 6.50. The molecule has 0 radical (unpaired) electrons. The number of carbonyl (C=O) groups excluding carboxylic acids is 1. The molecule has 12 nitrogen and oxygen atoms in total. The smallest absolute Gasteiger partial charge is 0.277 e. The zero-order valence-electron chi connectivity index (χ0n) is 16.9. The van der Waals surface area contributed by atoms with Crippen LogP contribution in [0.1, 0.15) is 30.6 Å². The van der Waals surface area contributed by atoms with Crippen molar-refractivity contribution in [3.63, 3.8) is 0 Å². The number of hydrogen-bond acceptors (Lipinski definition) is 8. The first kappa shape index (κ1) is 24.8. The van der Waals surface area contributed by atoms with Gasteiger partial charge in [0.15, 0.2) is 5.11 Å². The standard InChI is InChI=1S/C18H19N5O7S2/c1-3-11(2)21-32(29,30)16-6-4-13(5-7-16)19-18(31)20-17(24)12-8-14(22(25)26)10-15(9-12)23(27)28/h4-11,21H,3H2,1-2H3,(H2,19,20,24,31). The number of nitrogens with one attached hydrogen (secondary N) is 3. The number of non-ortho nitro benzene ring substituents is 2. The van der Waals surface area contributed by atoms with Gasteiger partial charge < -0.3 is 5.32 Å². The van der Waals surface area contributed by atoms with E-state index < -0.39 is 37.2 Å². The van der Waals surface area contributed by atoms with Crippen LogP contribution in [0.4, 0.5) is 17.1 Å². The first-order valence-electron chi connectivity index (χ1n) is 9.11. The molecule has 0 aliphatic heterocycles. The van der Waals surface area contributed by atoms with E-state index in [9.17, 15) is 33.4 Å². The second kappa shape index (κ2) is 10.2. The monoisotopic (exact) mass is 481 g/mol. The molecule has 1 amide bonds. The maximum atomic E-state index is 12.3. The first-order chi connectivity index (χ1) is 14.9. The molecule has 14 heteroatoms. The van der Waals surface area contributed by atoms with E-state index in [1.807, 2.05) is 6.92 Å². The fraction of sp³-hybridized carbons (Fsp3) is 0.222. The highest BCUT2D eigenvalue weighted by Crippen LogP contribution is 2.22. The minimum Gasteiger partial charge on any atom is -0.332 e. The van der Waals surface area contributed by atoms with Crippen molar-refractivity contribution in [3.8, 4) is 0 Å². The van der Waals surface area contributed by atoms with Crippen LogP contribution in [0.2, 0.25) is 0 Å². The van der Waals surface area contributed by atoms with Gasteiger partial charge >= 0.3 is 0 Å². The van der Waals surface area contributed by atoms with Crippen LogP contribution in [0.5, 0.6) is 0 Å². The summed E-state index contributed by atoms with van der Waals surface area (Å²) >= 11 is 5.02. The van der Waals surface area contributed by atoms with Gasteiger partial charge in [-0.05, 0) is 49.8 Å². The summed E-state index contributed by atoms with van der Waals surface area (Å²) in [7, 11) is -3.68. The largest absolute Gasteiger partial charge is 0.332 e. The van der Waals surface area contributed by atoms with Gasteiger partial charge in [0.1, 0.15) is 0 Å². The fourth-order valence-electron chi connectivity index (χ4n) is 2.41. The molecule has 0 saturated heterocycles. The highest BCUT2D eigenvalue weighted by molar-refractivity contribution is 7.89. The molecule has 170 valence electrons. The van der Waals surface area contributed by atoms with Crippen LogP contribution in [-0.4, -0.2) is 35.3 Å². The highest BCUT2D eigenvalue weighted by atomic mass is 32.2. The van der Waals surface area contributed by atoms with Crippen LogP contribution in [-0.2, 0) is 10.0 Å². The Hall–Kier alpha value is -3.49. The van der Waals surface area contributed by atoms with Crippen molar-refractivity contribution >= 4 is 50.3 Å². The normalized spacial score (nSPS) is 11.9. The molecule has 0 fully saturated rings. The molecule has 0 aliphatic carbocycles. The van der Waals surface area contributed by atoms with Crippen molar-refractivity contribution < 1.29 is 23.1 Å². The molecule has 2 aromatic carbocycles. The summed E-state index contributed by atoms with van der Waals surface area (Å²) in [6, 6.07) is 7.83. The quantitative estimate of drug-likeness (QED) is 0.291. The molecule has 2 aromatic rings. The van der Waals surface area contributed by atoms with Gasteiger partial charge in [0.05, 0.1) is 26.4 Å². The van der Waals surface area contributed by atoms with E-state index in [0.29, 0.717) is 12.1 Å². The molecule has 0 aliphatic rings. The number of amides is 1. The van der Waals surface area contributed by atoms with E-state index in [4.69, 9.17) is 12.2 Å². The van der Waals surface area contributed by atoms with E-state index in [1.165, 1.54) is 24.3 Å². The minimum absolute atomic E-state index is 0.0437. The second-order valence-electron chi connectivity index (χ2n) is 6.62. The number of thiocarbonyl (C=S) groups is 1. The topological polar surface area (TPSA) is 174 Å². The molecule has 32 heavy (non-hydrogen) atoms. The Bertz CT molecular complexity index is 1130. The molecule has 0 saturated carbocycles. The van der Waals surface area contributed by atoms with E-state index in [-0.39, 0.29) is 21.6 Å². The predicted molar refractivity (Wildman–Crippen MR) is 120 cm³/mol. The Labute approximate surface area is 188 Å². The van der Waals surface area contributed by atoms with Crippen molar-refractivity contribution in [1.82, 2.24) is 10.0 Å². The lowest BCUT2D eigenvalue weighted by molar-refractivity contribution is -0.394. The lowest BCUT2D eigenvalue weighted by atomic mass is 10.1. The maximum Gasteiger partial charge on any atom is 0.277 e. The number of rotatable bonds is 8. The Morgan fingerprint density at radius 1 is 1.06 bits per heavy atom. The van der Waals surface area contributed by atoms with Gasteiger partial charge in [-0.15, -0.1) is 0 Å². The number of nitro benzene ring substituents is 2. The summed E-state index contributed by atoms with van der Waals surface area (Å²) in [6.07, 6.45) is 0.626. The van der Waals surface area contributed by atoms with Crippen molar-refractivity contribution in [2.24, 2.45) is 0 Å². The van der Waals surface area contributed by atoms with Gasteiger partial charge in [-0.3, -0.25) is 30.3 Å². The average molecular weight is 482 g/mol. The van der Waals surface area contributed by atoms with E-state index >= 15 is 0 Å². The van der Waals surface area contributed by atoms with Gasteiger partial charge in [-0.2, -0.15) is 0 Å². The highest BCUT2D eigenvalue weighted by Gasteiger charge is 2.21. The van der Waals surface area contributed by atoms with Crippen LogP contribution >= 0.6 is 12.2 Å². The summed E-state index contributed by atoms with van der Waals surface area (Å²) in [5.74, 6) is -0.897. The number of benzene rings is 2. The molecule has 1 atom stereocenters. The van der Waals surface area contributed by atoms with Crippen molar-refractivity contribution in [1.29, 1.82) is 0 Å². The van der Waals surface area contributed by atoms with Gasteiger partial charge in [0.2, 0.25) is 10.0 Å². The number of hydrogen-bond donors (Lipinski definition) is 3. The molecule has 3 N–H and O–H groups in total. The zero-order chi connectivity index (χ0) is 24.1. The number of sulfonamides is 1. The van der Waals surface area contributed by atoms with Gasteiger partial charge in [0, 0.05) is 23.9 Å². The molecule has 0 heterocycles. The van der Waals surface area contributed by atoms with Gasteiger partial charge in [-0.1, -0.05) is 6.92 Å². The van der Waals surface area contributed by atoms with Crippen LogP contribution in [0.3, 0.4) is 0 Å². The fourth-order valence-corrected chi connectivity index (χ4v) is 3.95. The lowest BCUT2D eigenvalue weighted by Crippen LogP contribution is -2.34. The number of nitro groups is 2. The summed E-state index contributed by atoms with van der Waals surface area (Å²) in [6.45, 7) is 3.59. The Morgan fingerprint density at radius 2 is 1.59 bits per heavy atom. The Morgan fingerprint density at radius 3 is 2.06 bits per heavy atom. The van der Waals surface area contributed by atoms with Crippen molar-refractivity contribution in [3.05, 3.63) is 68.3 Å². The van der Waals surface area contributed by atoms with Gasteiger partial charge in [-0.25, -0.2) is 13.1 Å². The van der Waals surface area contributed by atoms with Crippen LogP contribution in [0, 0.1) is 20.2 Å². The number of carbonyl (C=O) groups is 1. The molecule has 2 rings (SSSR count). The van der Waals surface area contributed by atoms with Crippen molar-refractivity contribution in [2.75, 3.05) is 5.32 Å². The summed E-state index contributed by atoms with van der Waals surface area (Å²) in [5.41, 5.74) is -1.20. The molecule has 0 bridgehead atoms. The lowest BCUT2D eigenvalue weighted by Gasteiger charge is -2.13. The molecular weight excluding hydrogens is 462 g/mol. The van der Waals surface area contributed by atoms with Crippen LogP contribution in [0.15, 0.2) is 47.4 Å². The predicted octanol–water partition coefficient (Wildman–Crippen LogP) is 2.71. The maximum absolute atomic E-state index is 12.3. The van der Waals surface area contributed by atoms with Gasteiger partial charge in [0.25, 0.3) is 17.3 Å². The van der Waals surface area contributed by atoms with E-state index in [0.717, 1.165) is 18.2 Å². The molecule has 1 unspecified atom stereocenters. The third-order valence-corrected chi connectivity index (χ3v) is 6.01. The molecular formula is C18H19N5O7S2. The second-order valence-corrected chi connectivity index (χ2v) is 8.74. The minimum atomic E-state index is -3.68. The SMILES string of the molecule is CCC(C)NS(=O)(=O)c1ccc(NC(=S)NC(=O)c2cc([N+](=O)[O-])cc([N+](=O)[O-])c2)cc1. The van der Waals surface area contributed by atoms with Crippen LogP contribution < -0.4 is 15.4 Å². The number of nitrogens with zero attached hydrogens (tertiary/aromatic N) is 2. The van der Waals surface area contributed by atoms with E-state index in [1.54, 1.807) is 6.92 Å².